The molecule has 1 aliphatic rings. The van der Waals surface area contributed by atoms with Crippen molar-refractivity contribution in [2.24, 2.45) is 11.3 Å². The van der Waals surface area contributed by atoms with Crippen molar-refractivity contribution in [3.8, 4) is 0 Å². The minimum absolute atomic E-state index is 0.0101. The molecule has 0 spiro atoms. The standard InChI is InChI=1S/C19H24ClFN2O3S/c1-11-18(27(4,24)25)23-17(22-11)16(13-5-6-15(21)14(20)7-13)26-10-12-8-19(2,3)9-12/h5-7,12,16H,8-10H2,1-4H3,(H,22,23). The maximum atomic E-state index is 13.6. The van der Waals surface area contributed by atoms with E-state index in [1.165, 1.54) is 12.1 Å². The van der Waals surface area contributed by atoms with Crippen LogP contribution >= 0.6 is 11.6 Å². The molecule has 0 bridgehead atoms. The zero-order chi connectivity index (χ0) is 20.0. The van der Waals surface area contributed by atoms with Crippen molar-refractivity contribution < 1.29 is 17.5 Å². The summed E-state index contributed by atoms with van der Waals surface area (Å²) in [5.41, 5.74) is 1.39. The van der Waals surface area contributed by atoms with Gasteiger partial charge in [0, 0.05) is 6.26 Å². The van der Waals surface area contributed by atoms with Crippen molar-refractivity contribution in [3.63, 3.8) is 0 Å². The largest absolute Gasteiger partial charge is 0.365 e. The minimum Gasteiger partial charge on any atom is -0.365 e. The highest BCUT2D eigenvalue weighted by Gasteiger charge is 2.37. The van der Waals surface area contributed by atoms with Gasteiger partial charge >= 0.3 is 0 Å². The molecule has 1 fully saturated rings. The fourth-order valence-corrected chi connectivity index (χ4v) is 4.87. The molecule has 27 heavy (non-hydrogen) atoms. The third-order valence-corrected chi connectivity index (χ3v) is 6.28. The van der Waals surface area contributed by atoms with E-state index in [0.717, 1.165) is 19.1 Å². The van der Waals surface area contributed by atoms with Crippen LogP contribution in [0.5, 0.6) is 0 Å². The molecule has 3 rings (SSSR count). The van der Waals surface area contributed by atoms with Crippen LogP contribution in [-0.2, 0) is 14.6 Å². The molecule has 0 saturated heterocycles. The monoisotopic (exact) mass is 414 g/mol. The lowest BCUT2D eigenvalue weighted by molar-refractivity contribution is -0.0187. The molecule has 1 saturated carbocycles. The molecule has 1 atom stereocenters. The zero-order valence-electron chi connectivity index (χ0n) is 15.8. The molecule has 1 N–H and O–H groups in total. The first-order chi connectivity index (χ1) is 12.5. The number of ether oxygens (including phenoxy) is 1. The van der Waals surface area contributed by atoms with E-state index in [4.69, 9.17) is 16.3 Å². The zero-order valence-corrected chi connectivity index (χ0v) is 17.4. The Bertz CT molecular complexity index is 948. The van der Waals surface area contributed by atoms with Crippen LogP contribution in [0.2, 0.25) is 5.02 Å². The van der Waals surface area contributed by atoms with E-state index < -0.39 is 21.8 Å². The highest BCUT2D eigenvalue weighted by atomic mass is 35.5. The second-order valence-corrected chi connectivity index (χ2v) is 10.5. The summed E-state index contributed by atoms with van der Waals surface area (Å²) >= 11 is 5.94. The Balaban J connectivity index is 1.91. The molecule has 8 heteroatoms. The summed E-state index contributed by atoms with van der Waals surface area (Å²) < 4.78 is 43.5. The molecule has 1 aliphatic carbocycles. The molecular weight excluding hydrogens is 391 g/mol. The van der Waals surface area contributed by atoms with Crippen LogP contribution in [0.3, 0.4) is 0 Å². The fourth-order valence-electron chi connectivity index (χ4n) is 3.81. The van der Waals surface area contributed by atoms with E-state index in [1.807, 2.05) is 0 Å². The Morgan fingerprint density at radius 3 is 2.59 bits per heavy atom. The van der Waals surface area contributed by atoms with E-state index in [9.17, 15) is 12.8 Å². The molecule has 0 aliphatic heterocycles. The van der Waals surface area contributed by atoms with E-state index in [2.05, 4.69) is 23.8 Å². The van der Waals surface area contributed by atoms with E-state index in [-0.39, 0.29) is 10.0 Å². The van der Waals surface area contributed by atoms with Gasteiger partial charge in [-0.15, -0.1) is 0 Å². The van der Waals surface area contributed by atoms with Gasteiger partial charge in [0.05, 0.1) is 17.3 Å². The summed E-state index contributed by atoms with van der Waals surface area (Å²) in [6.45, 7) is 6.59. The second kappa shape index (κ2) is 7.18. The van der Waals surface area contributed by atoms with Crippen LogP contribution in [0.1, 0.15) is 49.9 Å². The van der Waals surface area contributed by atoms with E-state index in [0.29, 0.717) is 35.0 Å². The van der Waals surface area contributed by atoms with Crippen LogP contribution in [-0.4, -0.2) is 31.2 Å². The number of imidazole rings is 1. The maximum Gasteiger partial charge on any atom is 0.194 e. The number of halogens is 2. The first kappa shape index (κ1) is 20.3. The van der Waals surface area contributed by atoms with Gasteiger partial charge in [-0.25, -0.2) is 17.8 Å². The smallest absolute Gasteiger partial charge is 0.194 e. The normalized spacial score (nSPS) is 18.3. The van der Waals surface area contributed by atoms with E-state index in [1.54, 1.807) is 13.0 Å². The predicted molar refractivity (Wildman–Crippen MR) is 102 cm³/mol. The Kier molecular flexibility index (Phi) is 5.40. The Morgan fingerprint density at radius 2 is 2.07 bits per heavy atom. The van der Waals surface area contributed by atoms with Crippen molar-refractivity contribution in [1.82, 2.24) is 9.97 Å². The van der Waals surface area contributed by atoms with Gasteiger partial charge in [-0.3, -0.25) is 0 Å². The number of hydrogen-bond acceptors (Lipinski definition) is 4. The van der Waals surface area contributed by atoms with Crippen LogP contribution in [0, 0.1) is 24.1 Å². The number of H-pyrrole nitrogens is 1. The SMILES string of the molecule is Cc1[nH]c(C(OCC2CC(C)(C)C2)c2ccc(F)c(Cl)c2)nc1S(C)(=O)=O. The van der Waals surface area contributed by atoms with Crippen LogP contribution in [0.15, 0.2) is 23.2 Å². The Morgan fingerprint density at radius 1 is 1.41 bits per heavy atom. The molecule has 1 unspecified atom stereocenters. The predicted octanol–water partition coefficient (Wildman–Crippen LogP) is 4.46. The molecule has 1 heterocycles. The van der Waals surface area contributed by atoms with Crippen molar-refractivity contribution >= 4 is 21.4 Å². The van der Waals surface area contributed by atoms with Crippen molar-refractivity contribution in [3.05, 3.63) is 46.1 Å². The number of aryl methyl sites for hydroxylation is 1. The number of benzene rings is 1. The third-order valence-electron chi connectivity index (χ3n) is 4.89. The van der Waals surface area contributed by atoms with Gasteiger partial charge in [-0.05, 0) is 48.8 Å². The van der Waals surface area contributed by atoms with Gasteiger partial charge in [0.1, 0.15) is 17.7 Å². The summed E-state index contributed by atoms with van der Waals surface area (Å²) in [4.78, 5) is 7.26. The topological polar surface area (TPSA) is 72.0 Å². The highest BCUT2D eigenvalue weighted by molar-refractivity contribution is 7.90. The lowest BCUT2D eigenvalue weighted by Gasteiger charge is -2.42. The second-order valence-electron chi connectivity index (χ2n) is 8.15. The molecular formula is C19H24ClFN2O3S. The Hall–Kier alpha value is -1.44. The molecule has 2 aromatic rings. The van der Waals surface area contributed by atoms with Gasteiger partial charge in [0.15, 0.2) is 14.9 Å². The molecule has 148 valence electrons. The van der Waals surface area contributed by atoms with Crippen LogP contribution in [0.4, 0.5) is 4.39 Å². The van der Waals surface area contributed by atoms with Crippen molar-refractivity contribution in [2.45, 2.75) is 44.7 Å². The molecule has 5 nitrogen and oxygen atoms in total. The van der Waals surface area contributed by atoms with Crippen LogP contribution < -0.4 is 0 Å². The summed E-state index contributed by atoms with van der Waals surface area (Å²) in [6, 6.07) is 4.34. The average molecular weight is 415 g/mol. The molecule has 0 radical (unpaired) electrons. The third kappa shape index (κ3) is 4.52. The van der Waals surface area contributed by atoms with Crippen molar-refractivity contribution in [1.29, 1.82) is 0 Å². The fraction of sp³-hybridized carbons (Fsp3) is 0.526. The van der Waals surface area contributed by atoms with Gasteiger partial charge in [0.25, 0.3) is 0 Å². The first-order valence-electron chi connectivity index (χ1n) is 8.79. The lowest BCUT2D eigenvalue weighted by Crippen LogP contribution is -2.34. The number of hydrogen-bond donors (Lipinski definition) is 1. The van der Waals surface area contributed by atoms with Crippen LogP contribution in [0.25, 0.3) is 0 Å². The highest BCUT2D eigenvalue weighted by Crippen LogP contribution is 2.45. The number of nitrogens with one attached hydrogen (secondary N) is 1. The summed E-state index contributed by atoms with van der Waals surface area (Å²) in [5, 5.41) is -0.0263. The van der Waals surface area contributed by atoms with Gasteiger partial charge in [-0.2, -0.15) is 0 Å². The summed E-state index contributed by atoms with van der Waals surface area (Å²) in [5.74, 6) is 0.283. The van der Waals surface area contributed by atoms with Gasteiger partial charge in [-0.1, -0.05) is 31.5 Å². The minimum atomic E-state index is -3.47. The van der Waals surface area contributed by atoms with Crippen molar-refractivity contribution in [2.75, 3.05) is 12.9 Å². The number of aromatic nitrogens is 2. The molecule has 1 aromatic carbocycles. The number of aromatic amines is 1. The van der Waals surface area contributed by atoms with Gasteiger partial charge < -0.3 is 9.72 Å². The number of rotatable bonds is 6. The summed E-state index contributed by atoms with van der Waals surface area (Å²) in [7, 11) is -3.47. The lowest BCUT2D eigenvalue weighted by atomic mass is 9.65. The molecule has 1 aromatic heterocycles. The van der Waals surface area contributed by atoms with E-state index >= 15 is 0 Å². The number of sulfone groups is 1. The maximum absolute atomic E-state index is 13.6. The average Bonchev–Trinajstić information content (AvgIpc) is 2.91. The first-order valence-corrected chi connectivity index (χ1v) is 11.1. The molecule has 0 amide bonds. The van der Waals surface area contributed by atoms with Gasteiger partial charge in [0.2, 0.25) is 0 Å². The Labute approximate surface area is 164 Å². The summed E-state index contributed by atoms with van der Waals surface area (Å²) in [6.07, 6.45) is 2.59. The quantitative estimate of drug-likeness (QED) is 0.757. The number of nitrogens with zero attached hydrogens (tertiary/aromatic N) is 1.